The molecule has 0 radical (unpaired) electrons. The van der Waals surface area contributed by atoms with Gasteiger partial charge in [-0.3, -0.25) is 0 Å². The van der Waals surface area contributed by atoms with Crippen molar-refractivity contribution in [2.24, 2.45) is 0 Å². The van der Waals surface area contributed by atoms with Crippen LogP contribution in [0.15, 0.2) is 18.2 Å². The van der Waals surface area contributed by atoms with E-state index in [2.05, 4.69) is 0 Å². The molecule has 2 atom stereocenters. The Kier molecular flexibility index (Phi) is 1.96. The van der Waals surface area contributed by atoms with E-state index < -0.39 is 29.8 Å². The summed E-state index contributed by atoms with van der Waals surface area (Å²) >= 11 is 0. The highest BCUT2D eigenvalue weighted by Crippen LogP contribution is 2.40. The monoisotopic (exact) mass is 200 g/mol. The second kappa shape index (κ2) is 3.02. The van der Waals surface area contributed by atoms with Crippen molar-refractivity contribution in [2.45, 2.75) is 12.2 Å². The fourth-order valence-electron chi connectivity index (χ4n) is 1.28. The molecule has 1 aliphatic heterocycles. The summed E-state index contributed by atoms with van der Waals surface area (Å²) in [6, 6.07) is 3.59. The van der Waals surface area contributed by atoms with Gasteiger partial charge in [0, 0.05) is 5.56 Å². The predicted octanol–water partition coefficient (Wildman–Crippen LogP) is 1.49. The van der Waals surface area contributed by atoms with Gasteiger partial charge in [-0.1, -0.05) is 12.1 Å². The van der Waals surface area contributed by atoms with Crippen molar-refractivity contribution in [1.82, 2.24) is 0 Å². The Morgan fingerprint density at radius 3 is 2.71 bits per heavy atom. The molecule has 2 rings (SSSR count). The zero-order valence-electron chi connectivity index (χ0n) is 6.91. The van der Waals surface area contributed by atoms with E-state index in [1.54, 1.807) is 0 Å². The minimum absolute atomic E-state index is 0.0441. The molecule has 0 saturated carbocycles. The minimum atomic E-state index is -1.17. The second-order valence-electron chi connectivity index (χ2n) is 2.96. The van der Waals surface area contributed by atoms with Crippen LogP contribution in [0.5, 0.6) is 0 Å². The molecule has 0 bridgehead atoms. The quantitative estimate of drug-likeness (QED) is 0.736. The fraction of sp³-hybridized carbons (Fsp3) is 0.222. The van der Waals surface area contributed by atoms with Gasteiger partial charge in [-0.15, -0.1) is 0 Å². The van der Waals surface area contributed by atoms with Crippen LogP contribution >= 0.6 is 0 Å². The second-order valence-corrected chi connectivity index (χ2v) is 2.96. The summed E-state index contributed by atoms with van der Waals surface area (Å²) in [7, 11) is 0. The maximum atomic E-state index is 13.1. The van der Waals surface area contributed by atoms with Crippen molar-refractivity contribution in [2.75, 3.05) is 0 Å². The lowest BCUT2D eigenvalue weighted by Crippen LogP contribution is -2.06. The highest BCUT2D eigenvalue weighted by Gasteiger charge is 2.47. The van der Waals surface area contributed by atoms with Crippen LogP contribution in [-0.4, -0.2) is 17.2 Å². The maximum absolute atomic E-state index is 13.1. The van der Waals surface area contributed by atoms with E-state index in [-0.39, 0.29) is 5.56 Å². The Morgan fingerprint density at radius 1 is 1.43 bits per heavy atom. The van der Waals surface area contributed by atoms with Gasteiger partial charge in [-0.05, 0) is 6.07 Å². The van der Waals surface area contributed by atoms with Crippen molar-refractivity contribution in [1.29, 1.82) is 0 Å². The molecule has 14 heavy (non-hydrogen) atoms. The molecule has 0 amide bonds. The number of epoxide rings is 1. The Bertz CT molecular complexity index is 392. The Labute approximate surface area is 77.9 Å². The number of ether oxygens (including phenoxy) is 1. The lowest BCUT2D eigenvalue weighted by molar-refractivity contribution is -0.138. The van der Waals surface area contributed by atoms with E-state index in [4.69, 9.17) is 9.84 Å². The zero-order chi connectivity index (χ0) is 10.3. The van der Waals surface area contributed by atoms with Crippen molar-refractivity contribution in [3.8, 4) is 0 Å². The first-order chi connectivity index (χ1) is 6.61. The number of carboxylic acid groups (broad SMARTS) is 1. The predicted molar refractivity (Wildman–Crippen MR) is 41.6 cm³/mol. The van der Waals surface area contributed by atoms with Crippen LogP contribution < -0.4 is 0 Å². The lowest BCUT2D eigenvalue weighted by Gasteiger charge is -1.98. The number of hydrogen-bond acceptors (Lipinski definition) is 2. The van der Waals surface area contributed by atoms with Crippen molar-refractivity contribution in [3.05, 3.63) is 35.4 Å². The van der Waals surface area contributed by atoms with E-state index in [0.29, 0.717) is 0 Å². The molecular formula is C9H6F2O3. The van der Waals surface area contributed by atoms with Crippen LogP contribution in [0.1, 0.15) is 11.7 Å². The molecule has 1 aromatic carbocycles. The third-order valence-electron chi connectivity index (χ3n) is 2.02. The van der Waals surface area contributed by atoms with E-state index in [1.807, 2.05) is 0 Å². The van der Waals surface area contributed by atoms with Crippen LogP contribution in [0.2, 0.25) is 0 Å². The first kappa shape index (κ1) is 9.08. The number of carbonyl (C=O) groups is 1. The molecule has 1 aliphatic rings. The summed E-state index contributed by atoms with van der Waals surface area (Å²) in [5.74, 6) is -3.21. The Morgan fingerprint density at radius 2 is 2.14 bits per heavy atom. The summed E-state index contributed by atoms with van der Waals surface area (Å²) in [6.45, 7) is 0. The molecule has 3 nitrogen and oxygen atoms in total. The summed E-state index contributed by atoms with van der Waals surface area (Å²) in [4.78, 5) is 10.4. The largest absolute Gasteiger partial charge is 0.479 e. The maximum Gasteiger partial charge on any atom is 0.335 e. The molecule has 1 aromatic rings. The van der Waals surface area contributed by atoms with Gasteiger partial charge in [-0.2, -0.15) is 0 Å². The Hall–Kier alpha value is -1.49. The molecular weight excluding hydrogens is 194 g/mol. The summed E-state index contributed by atoms with van der Waals surface area (Å²) < 4.78 is 30.5. The molecule has 0 aromatic heterocycles. The number of carboxylic acids is 1. The number of aliphatic carboxylic acids is 1. The minimum Gasteiger partial charge on any atom is -0.479 e. The van der Waals surface area contributed by atoms with E-state index in [0.717, 1.165) is 6.07 Å². The lowest BCUT2D eigenvalue weighted by atomic mass is 10.1. The Balaban J connectivity index is 2.27. The van der Waals surface area contributed by atoms with E-state index >= 15 is 0 Å². The third kappa shape index (κ3) is 1.35. The molecule has 1 saturated heterocycles. The highest BCUT2D eigenvalue weighted by molar-refractivity contribution is 5.76. The highest BCUT2D eigenvalue weighted by atomic mass is 19.2. The fourth-order valence-corrected chi connectivity index (χ4v) is 1.28. The van der Waals surface area contributed by atoms with E-state index in [1.165, 1.54) is 12.1 Å². The molecule has 1 heterocycles. The van der Waals surface area contributed by atoms with Crippen LogP contribution in [0, 0.1) is 11.6 Å². The number of benzene rings is 1. The first-order valence-electron chi connectivity index (χ1n) is 3.93. The van der Waals surface area contributed by atoms with Crippen LogP contribution in [0.25, 0.3) is 0 Å². The molecule has 2 unspecified atom stereocenters. The zero-order valence-corrected chi connectivity index (χ0v) is 6.91. The van der Waals surface area contributed by atoms with Gasteiger partial charge in [0.25, 0.3) is 0 Å². The van der Waals surface area contributed by atoms with Gasteiger partial charge in [0.2, 0.25) is 0 Å². The molecule has 0 spiro atoms. The van der Waals surface area contributed by atoms with Crippen molar-refractivity contribution >= 4 is 5.97 Å². The van der Waals surface area contributed by atoms with Gasteiger partial charge in [0.1, 0.15) is 6.10 Å². The average molecular weight is 200 g/mol. The number of halogens is 2. The number of hydrogen-bond donors (Lipinski definition) is 1. The standard InChI is InChI=1S/C9H6F2O3/c10-5-3-1-2-4(6(5)11)7-8(14-7)9(12)13/h1-3,7-8H,(H,12,13). The third-order valence-corrected chi connectivity index (χ3v) is 2.02. The van der Waals surface area contributed by atoms with Gasteiger partial charge in [-0.25, -0.2) is 13.6 Å². The summed E-state index contributed by atoms with van der Waals surface area (Å²) in [6.07, 6.45) is -1.91. The average Bonchev–Trinajstić information content (AvgIpc) is 2.89. The molecule has 1 fully saturated rings. The molecule has 0 aliphatic carbocycles. The van der Waals surface area contributed by atoms with Crippen molar-refractivity contribution < 1.29 is 23.4 Å². The van der Waals surface area contributed by atoms with Crippen LogP contribution in [0.4, 0.5) is 8.78 Å². The van der Waals surface area contributed by atoms with Gasteiger partial charge >= 0.3 is 5.97 Å². The molecule has 74 valence electrons. The first-order valence-corrected chi connectivity index (χ1v) is 3.93. The van der Waals surface area contributed by atoms with Gasteiger partial charge < -0.3 is 9.84 Å². The molecule has 5 heteroatoms. The summed E-state index contributed by atoms with van der Waals surface area (Å²) in [5.41, 5.74) is -0.0441. The van der Waals surface area contributed by atoms with Gasteiger partial charge in [0.15, 0.2) is 17.7 Å². The van der Waals surface area contributed by atoms with Crippen LogP contribution in [0.3, 0.4) is 0 Å². The SMILES string of the molecule is O=C(O)C1OC1c1cccc(F)c1F. The normalized spacial score (nSPS) is 24.7. The van der Waals surface area contributed by atoms with Crippen LogP contribution in [-0.2, 0) is 9.53 Å². The molecule has 1 N–H and O–H groups in total. The summed E-state index contributed by atoms with van der Waals surface area (Å²) in [5, 5.41) is 8.50. The smallest absolute Gasteiger partial charge is 0.335 e. The number of rotatable bonds is 2. The van der Waals surface area contributed by atoms with Crippen molar-refractivity contribution in [3.63, 3.8) is 0 Å². The topological polar surface area (TPSA) is 49.8 Å². The van der Waals surface area contributed by atoms with Gasteiger partial charge in [0.05, 0.1) is 0 Å². The van der Waals surface area contributed by atoms with E-state index in [9.17, 15) is 13.6 Å².